The fourth-order valence-electron chi connectivity index (χ4n) is 2.01. The predicted octanol–water partition coefficient (Wildman–Crippen LogP) is 1.24. The van der Waals surface area contributed by atoms with Crippen LogP contribution < -0.4 is 5.32 Å². The van der Waals surface area contributed by atoms with E-state index < -0.39 is 0 Å². The minimum atomic E-state index is -0.0226. The zero-order chi connectivity index (χ0) is 12.1. The second-order valence-corrected chi connectivity index (χ2v) is 7.53. The quantitative estimate of drug-likeness (QED) is 0.827. The van der Waals surface area contributed by atoms with Crippen molar-refractivity contribution < 1.29 is 4.79 Å². The molecule has 0 aromatic carbocycles. The third kappa shape index (κ3) is 4.89. The van der Waals surface area contributed by atoms with E-state index in [0.717, 1.165) is 25.9 Å². The molecule has 1 N–H and O–H groups in total. The fraction of sp³-hybridized carbons (Fsp3) is 0.909. The van der Waals surface area contributed by atoms with Gasteiger partial charge in [-0.05, 0) is 43.8 Å². The van der Waals surface area contributed by atoms with Crippen molar-refractivity contribution in [3.8, 4) is 0 Å². The van der Waals surface area contributed by atoms with E-state index in [0.29, 0.717) is 12.3 Å². The summed E-state index contributed by atoms with van der Waals surface area (Å²) in [5, 5.41) is 2.95. The van der Waals surface area contributed by atoms with Gasteiger partial charge in [-0.3, -0.25) is 4.79 Å². The summed E-state index contributed by atoms with van der Waals surface area (Å²) in [7, 11) is -0.0226. The van der Waals surface area contributed by atoms with Crippen molar-refractivity contribution in [2.24, 2.45) is 5.92 Å². The van der Waals surface area contributed by atoms with Crippen LogP contribution in [0.5, 0.6) is 0 Å². The zero-order valence-electron chi connectivity index (χ0n) is 10.4. The number of rotatable bonds is 4. The molecular formula is C11H22N2OS2. The van der Waals surface area contributed by atoms with Gasteiger partial charge in [0.15, 0.2) is 0 Å². The Morgan fingerprint density at radius 3 is 2.50 bits per heavy atom. The van der Waals surface area contributed by atoms with Gasteiger partial charge >= 0.3 is 0 Å². The Bertz CT molecular complexity index is 261. The number of hydrogen-bond donors (Lipinski definition) is 1. The second kappa shape index (κ2) is 6.67. The van der Waals surface area contributed by atoms with Crippen molar-refractivity contribution in [1.29, 1.82) is 0 Å². The van der Waals surface area contributed by atoms with Crippen LogP contribution in [-0.4, -0.2) is 35.6 Å². The van der Waals surface area contributed by atoms with Gasteiger partial charge < -0.3 is 5.32 Å². The standard InChI is InChI=1S/C11H22N2OS2/c1-9(2)12-11(14)8-10-4-6-13(7-5-10)16(3)15/h9-10H,4-8H2,1-3H3,(H,12,14). The zero-order valence-corrected chi connectivity index (χ0v) is 12.0. The molecule has 0 aromatic rings. The second-order valence-electron chi connectivity index (χ2n) is 4.72. The van der Waals surface area contributed by atoms with E-state index >= 15 is 0 Å². The fourth-order valence-corrected chi connectivity index (χ4v) is 3.19. The third-order valence-corrected chi connectivity index (χ3v) is 4.59. The average Bonchev–Trinajstić information content (AvgIpc) is 2.16. The molecule has 0 bridgehead atoms. The lowest BCUT2D eigenvalue weighted by molar-refractivity contribution is -0.122. The molecular weight excluding hydrogens is 240 g/mol. The molecule has 1 saturated heterocycles. The molecule has 1 fully saturated rings. The van der Waals surface area contributed by atoms with Crippen molar-refractivity contribution in [2.75, 3.05) is 19.3 Å². The van der Waals surface area contributed by atoms with Gasteiger partial charge in [0.05, 0.1) is 0 Å². The molecule has 1 amide bonds. The Morgan fingerprint density at radius 1 is 1.50 bits per heavy atom. The maximum absolute atomic E-state index is 11.6. The van der Waals surface area contributed by atoms with Crippen LogP contribution in [0.4, 0.5) is 0 Å². The minimum Gasteiger partial charge on any atom is -0.354 e. The smallest absolute Gasteiger partial charge is 0.220 e. The van der Waals surface area contributed by atoms with Gasteiger partial charge in [-0.1, -0.05) is 9.64 Å². The summed E-state index contributed by atoms with van der Waals surface area (Å²) in [6, 6.07) is 0.252. The van der Waals surface area contributed by atoms with Crippen molar-refractivity contribution in [3.05, 3.63) is 0 Å². The van der Waals surface area contributed by atoms with Crippen molar-refractivity contribution in [3.63, 3.8) is 0 Å². The summed E-state index contributed by atoms with van der Waals surface area (Å²) < 4.78 is 2.34. The summed E-state index contributed by atoms with van der Waals surface area (Å²) in [4.78, 5) is 11.6. The molecule has 0 spiro atoms. The number of piperidine rings is 1. The summed E-state index contributed by atoms with van der Waals surface area (Å²) in [6.45, 7) is 6.12. The molecule has 1 aliphatic rings. The molecule has 0 aromatic heterocycles. The molecule has 1 aliphatic heterocycles. The van der Waals surface area contributed by atoms with Gasteiger partial charge in [-0.15, -0.1) is 0 Å². The van der Waals surface area contributed by atoms with E-state index in [2.05, 4.69) is 15.9 Å². The maximum Gasteiger partial charge on any atom is 0.220 e. The highest BCUT2D eigenvalue weighted by atomic mass is 32.8. The van der Waals surface area contributed by atoms with Crippen molar-refractivity contribution in [2.45, 2.75) is 39.2 Å². The highest BCUT2D eigenvalue weighted by molar-refractivity contribution is 8.27. The number of nitrogens with zero attached hydrogens (tertiary/aromatic N) is 1. The Kier molecular flexibility index (Phi) is 5.86. The van der Waals surface area contributed by atoms with Gasteiger partial charge in [-0.25, -0.2) is 4.31 Å². The van der Waals surface area contributed by atoms with Gasteiger partial charge in [0, 0.05) is 31.8 Å². The Labute approximate surface area is 106 Å². The highest BCUT2D eigenvalue weighted by Crippen LogP contribution is 2.21. The normalized spacial score (nSPS) is 21.0. The number of carbonyl (C=O) groups is 1. The van der Waals surface area contributed by atoms with Crippen LogP contribution in [0, 0.1) is 5.92 Å². The van der Waals surface area contributed by atoms with E-state index in [1.165, 1.54) is 0 Å². The lowest BCUT2D eigenvalue weighted by Crippen LogP contribution is -2.37. The molecule has 1 rings (SSSR count). The first-order valence-electron chi connectivity index (χ1n) is 5.87. The van der Waals surface area contributed by atoms with Crippen LogP contribution in [0.3, 0.4) is 0 Å². The average molecular weight is 262 g/mol. The monoisotopic (exact) mass is 262 g/mol. The maximum atomic E-state index is 11.6. The van der Waals surface area contributed by atoms with E-state index in [1.54, 1.807) is 0 Å². The molecule has 16 heavy (non-hydrogen) atoms. The first kappa shape index (κ1) is 14.1. The molecule has 0 saturated carbocycles. The SMILES string of the molecule is CC(C)NC(=O)CC1CCN(S(C)=S)CC1. The minimum absolute atomic E-state index is 0.0226. The third-order valence-electron chi connectivity index (χ3n) is 2.86. The number of nitrogens with one attached hydrogen (secondary N) is 1. The lowest BCUT2D eigenvalue weighted by Gasteiger charge is -2.31. The molecule has 5 heteroatoms. The lowest BCUT2D eigenvalue weighted by atomic mass is 9.94. The molecule has 1 unspecified atom stereocenters. The van der Waals surface area contributed by atoms with Crippen LogP contribution in [-0.2, 0) is 25.6 Å². The Balaban J connectivity index is 2.26. The Hall–Kier alpha value is -0.0000000000000000833. The predicted molar refractivity (Wildman–Crippen MR) is 72.8 cm³/mol. The molecule has 3 nitrogen and oxygen atoms in total. The van der Waals surface area contributed by atoms with E-state index in [1.807, 2.05) is 13.8 Å². The van der Waals surface area contributed by atoms with Crippen LogP contribution in [0.1, 0.15) is 33.1 Å². The number of amides is 1. The largest absolute Gasteiger partial charge is 0.354 e. The number of carbonyl (C=O) groups excluding carboxylic acids is 1. The van der Waals surface area contributed by atoms with Gasteiger partial charge in [0.1, 0.15) is 0 Å². The Morgan fingerprint density at radius 2 is 2.06 bits per heavy atom. The summed E-state index contributed by atoms with van der Waals surface area (Å²) >= 11 is 5.26. The van der Waals surface area contributed by atoms with Crippen LogP contribution >= 0.6 is 0 Å². The molecule has 0 aliphatic carbocycles. The molecule has 1 atom stereocenters. The van der Waals surface area contributed by atoms with E-state index in [-0.39, 0.29) is 21.6 Å². The number of hydrogen-bond acceptors (Lipinski definition) is 2. The van der Waals surface area contributed by atoms with Crippen molar-refractivity contribution >= 4 is 26.7 Å². The van der Waals surface area contributed by atoms with Crippen LogP contribution in [0.2, 0.25) is 0 Å². The topological polar surface area (TPSA) is 32.3 Å². The summed E-state index contributed by atoms with van der Waals surface area (Å²) in [5.41, 5.74) is 0. The van der Waals surface area contributed by atoms with Crippen LogP contribution in [0.25, 0.3) is 0 Å². The molecule has 1 heterocycles. The molecule has 0 radical (unpaired) electrons. The molecule has 94 valence electrons. The van der Waals surface area contributed by atoms with Crippen molar-refractivity contribution in [1.82, 2.24) is 9.62 Å². The first-order chi connectivity index (χ1) is 7.49. The van der Waals surface area contributed by atoms with Gasteiger partial charge in [0.2, 0.25) is 5.91 Å². The summed E-state index contributed by atoms with van der Waals surface area (Å²) in [6.07, 6.45) is 4.99. The summed E-state index contributed by atoms with van der Waals surface area (Å²) in [5.74, 6) is 0.746. The van der Waals surface area contributed by atoms with E-state index in [4.69, 9.17) is 11.2 Å². The first-order valence-corrected chi connectivity index (χ1v) is 8.38. The highest BCUT2D eigenvalue weighted by Gasteiger charge is 2.21. The van der Waals surface area contributed by atoms with Gasteiger partial charge in [-0.2, -0.15) is 0 Å². The van der Waals surface area contributed by atoms with Crippen LogP contribution in [0.15, 0.2) is 0 Å². The van der Waals surface area contributed by atoms with E-state index in [9.17, 15) is 4.79 Å². The van der Waals surface area contributed by atoms with Gasteiger partial charge in [0.25, 0.3) is 0 Å².